The van der Waals surface area contributed by atoms with Crippen LogP contribution in [0.4, 0.5) is 10.5 Å². The fraction of sp³-hybridized carbons (Fsp3) is 0.464. The number of carbonyl (C=O) groups is 2. The van der Waals surface area contributed by atoms with Crippen LogP contribution in [0.2, 0.25) is 0 Å². The highest BCUT2D eigenvalue weighted by Gasteiger charge is 2.30. The monoisotopic (exact) mass is 522 g/mol. The SMILES string of the molecule is C[C@H](N)CNC(=O)Nc1cccc([C@@H](CN)NC(=O)c2cc3cc4c(nc3s2)CC[C@@H](C(C)(C)C)C4)c1. The van der Waals surface area contributed by atoms with Gasteiger partial charge in [-0.05, 0) is 72.9 Å². The Morgan fingerprint density at radius 2 is 2.00 bits per heavy atom. The van der Waals surface area contributed by atoms with E-state index in [9.17, 15) is 9.59 Å². The van der Waals surface area contributed by atoms with Crippen molar-refractivity contribution in [2.24, 2.45) is 22.8 Å². The first kappa shape index (κ1) is 27.0. The van der Waals surface area contributed by atoms with Crippen molar-refractivity contribution in [2.45, 2.75) is 59.0 Å². The summed E-state index contributed by atoms with van der Waals surface area (Å²) in [6.07, 6.45) is 3.16. The molecule has 0 bridgehead atoms. The molecule has 0 unspecified atom stereocenters. The maximum absolute atomic E-state index is 13.2. The Morgan fingerprint density at radius 1 is 1.22 bits per heavy atom. The van der Waals surface area contributed by atoms with Crippen molar-refractivity contribution >= 4 is 39.2 Å². The molecule has 0 fully saturated rings. The summed E-state index contributed by atoms with van der Waals surface area (Å²) < 4.78 is 0. The highest BCUT2D eigenvalue weighted by Crippen LogP contribution is 2.38. The van der Waals surface area contributed by atoms with E-state index in [2.05, 4.69) is 42.8 Å². The number of urea groups is 1. The van der Waals surface area contributed by atoms with Crippen molar-refractivity contribution < 1.29 is 9.59 Å². The van der Waals surface area contributed by atoms with Crippen molar-refractivity contribution in [1.82, 2.24) is 15.6 Å². The summed E-state index contributed by atoms with van der Waals surface area (Å²) in [6, 6.07) is 10.6. The van der Waals surface area contributed by atoms with Gasteiger partial charge in [-0.3, -0.25) is 4.79 Å². The first-order valence-corrected chi connectivity index (χ1v) is 13.7. The molecule has 198 valence electrons. The number of pyridine rings is 1. The van der Waals surface area contributed by atoms with Gasteiger partial charge in [-0.1, -0.05) is 32.9 Å². The molecule has 1 aromatic carbocycles. The zero-order valence-electron chi connectivity index (χ0n) is 22.1. The predicted molar refractivity (Wildman–Crippen MR) is 151 cm³/mol. The number of nitrogens with zero attached hydrogens (tertiary/aromatic N) is 1. The van der Waals surface area contributed by atoms with Crippen molar-refractivity contribution in [3.8, 4) is 0 Å². The van der Waals surface area contributed by atoms with Gasteiger partial charge in [0.25, 0.3) is 5.91 Å². The number of carbonyl (C=O) groups excluding carboxylic acids is 2. The molecule has 0 spiro atoms. The number of nitrogens with two attached hydrogens (primary N) is 2. The molecular formula is C28H38N6O2S. The van der Waals surface area contributed by atoms with Gasteiger partial charge in [-0.15, -0.1) is 11.3 Å². The second kappa shape index (κ2) is 11.2. The van der Waals surface area contributed by atoms with Crippen LogP contribution in [0.3, 0.4) is 0 Å². The van der Waals surface area contributed by atoms with Crippen LogP contribution < -0.4 is 27.4 Å². The van der Waals surface area contributed by atoms with Gasteiger partial charge in [0, 0.05) is 35.9 Å². The Morgan fingerprint density at radius 3 is 2.70 bits per heavy atom. The minimum absolute atomic E-state index is 0.135. The van der Waals surface area contributed by atoms with E-state index in [1.54, 1.807) is 6.07 Å². The molecular weight excluding hydrogens is 484 g/mol. The number of rotatable bonds is 7. The van der Waals surface area contributed by atoms with Crippen LogP contribution in [0.1, 0.15) is 66.7 Å². The quantitative estimate of drug-likeness (QED) is 0.314. The van der Waals surface area contributed by atoms with Crippen LogP contribution in [0.25, 0.3) is 10.2 Å². The number of thiophene rings is 1. The number of anilines is 1. The van der Waals surface area contributed by atoms with E-state index in [4.69, 9.17) is 16.5 Å². The van der Waals surface area contributed by atoms with Crippen LogP contribution in [-0.2, 0) is 12.8 Å². The molecule has 0 saturated carbocycles. The van der Waals surface area contributed by atoms with Gasteiger partial charge < -0.3 is 27.4 Å². The summed E-state index contributed by atoms with van der Waals surface area (Å²) in [5.41, 5.74) is 15.9. The molecule has 3 aromatic rings. The number of aryl methyl sites for hydroxylation is 1. The predicted octanol–water partition coefficient (Wildman–Crippen LogP) is 4.35. The van der Waals surface area contributed by atoms with Crippen LogP contribution >= 0.6 is 11.3 Å². The van der Waals surface area contributed by atoms with Gasteiger partial charge in [0.1, 0.15) is 4.83 Å². The summed E-state index contributed by atoms with van der Waals surface area (Å²) in [7, 11) is 0. The van der Waals surface area contributed by atoms with Gasteiger partial charge in [0.05, 0.1) is 10.9 Å². The Kier molecular flexibility index (Phi) is 8.16. The van der Waals surface area contributed by atoms with E-state index in [-0.39, 0.29) is 29.9 Å². The zero-order chi connectivity index (χ0) is 26.7. The number of hydrogen-bond donors (Lipinski definition) is 5. The standard InChI is InChI=1S/C28H38N6O2S/c1-16(30)15-31-27(36)32-21-7-5-6-17(12-21)23(14-29)33-25(35)24-13-19-10-18-11-20(28(2,3)4)8-9-22(18)34-26(19)37-24/h5-7,10,12-13,16,20,23H,8-9,11,14-15,29-30H2,1-4H3,(H,33,35)(H2,31,32,36)/t16-,20+,23+/m0/s1. The Hall–Kier alpha value is -3.01. The van der Waals surface area contributed by atoms with Crippen molar-refractivity contribution in [1.29, 1.82) is 0 Å². The van der Waals surface area contributed by atoms with E-state index in [0.717, 1.165) is 40.7 Å². The lowest BCUT2D eigenvalue weighted by atomic mass is 9.71. The third-order valence-electron chi connectivity index (χ3n) is 6.99. The number of fused-ring (bicyclic) bond motifs is 2. The van der Waals surface area contributed by atoms with Crippen molar-refractivity contribution in [3.63, 3.8) is 0 Å². The highest BCUT2D eigenvalue weighted by molar-refractivity contribution is 7.20. The lowest BCUT2D eigenvalue weighted by Crippen LogP contribution is -2.37. The fourth-order valence-corrected chi connectivity index (χ4v) is 5.68. The number of benzene rings is 1. The largest absolute Gasteiger partial charge is 0.343 e. The molecule has 9 heteroatoms. The van der Waals surface area contributed by atoms with Crippen LogP contribution in [0.5, 0.6) is 0 Å². The lowest BCUT2D eigenvalue weighted by molar-refractivity contribution is 0.0942. The molecule has 3 atom stereocenters. The molecule has 0 aliphatic heterocycles. The summed E-state index contributed by atoms with van der Waals surface area (Å²) in [6.45, 7) is 9.32. The molecule has 0 radical (unpaired) electrons. The molecule has 2 heterocycles. The van der Waals surface area contributed by atoms with Crippen LogP contribution in [0, 0.1) is 11.3 Å². The Labute approximate surface area is 222 Å². The molecule has 1 aliphatic rings. The molecule has 8 nitrogen and oxygen atoms in total. The number of amides is 3. The lowest BCUT2D eigenvalue weighted by Gasteiger charge is -2.34. The van der Waals surface area contributed by atoms with E-state index in [1.807, 2.05) is 31.2 Å². The van der Waals surface area contributed by atoms with Gasteiger partial charge in [0.15, 0.2) is 0 Å². The van der Waals surface area contributed by atoms with Gasteiger partial charge in [0.2, 0.25) is 0 Å². The average molecular weight is 523 g/mol. The third kappa shape index (κ3) is 6.66. The topological polar surface area (TPSA) is 135 Å². The Bertz CT molecular complexity index is 1280. The maximum atomic E-state index is 13.2. The van der Waals surface area contributed by atoms with E-state index in [1.165, 1.54) is 16.9 Å². The molecule has 3 amide bonds. The number of hydrogen-bond acceptors (Lipinski definition) is 6. The molecule has 4 rings (SSSR count). The minimum atomic E-state index is -0.403. The summed E-state index contributed by atoms with van der Waals surface area (Å²) >= 11 is 1.41. The normalized spacial score (nSPS) is 17.1. The second-order valence-corrected chi connectivity index (χ2v) is 12.1. The van der Waals surface area contributed by atoms with E-state index >= 15 is 0 Å². The summed E-state index contributed by atoms with van der Waals surface area (Å²) in [5, 5.41) is 9.57. The van der Waals surface area contributed by atoms with Gasteiger partial charge >= 0.3 is 6.03 Å². The first-order chi connectivity index (χ1) is 17.5. The van der Waals surface area contributed by atoms with Crippen LogP contribution in [0.15, 0.2) is 36.4 Å². The van der Waals surface area contributed by atoms with Crippen LogP contribution in [-0.4, -0.2) is 36.1 Å². The fourth-order valence-electron chi connectivity index (χ4n) is 4.74. The maximum Gasteiger partial charge on any atom is 0.319 e. The molecule has 37 heavy (non-hydrogen) atoms. The zero-order valence-corrected chi connectivity index (χ0v) is 22.9. The molecule has 7 N–H and O–H groups in total. The summed E-state index contributed by atoms with van der Waals surface area (Å²) in [5.74, 6) is 0.448. The molecule has 1 aliphatic carbocycles. The number of nitrogens with one attached hydrogen (secondary N) is 3. The smallest absolute Gasteiger partial charge is 0.319 e. The van der Waals surface area contributed by atoms with Gasteiger partial charge in [-0.2, -0.15) is 0 Å². The second-order valence-electron chi connectivity index (χ2n) is 11.1. The minimum Gasteiger partial charge on any atom is -0.343 e. The first-order valence-electron chi connectivity index (χ1n) is 12.9. The Balaban J connectivity index is 1.47. The van der Waals surface area contributed by atoms with E-state index in [0.29, 0.717) is 23.0 Å². The van der Waals surface area contributed by atoms with E-state index < -0.39 is 6.04 Å². The highest BCUT2D eigenvalue weighted by atomic mass is 32.1. The summed E-state index contributed by atoms with van der Waals surface area (Å²) in [4.78, 5) is 31.7. The van der Waals surface area contributed by atoms with Crippen molar-refractivity contribution in [3.05, 3.63) is 58.1 Å². The number of aromatic nitrogens is 1. The molecule has 0 saturated heterocycles. The third-order valence-corrected chi connectivity index (χ3v) is 8.04. The average Bonchev–Trinajstić information content (AvgIpc) is 3.26. The molecule has 2 aromatic heterocycles. The van der Waals surface area contributed by atoms with Gasteiger partial charge in [-0.25, -0.2) is 9.78 Å². The van der Waals surface area contributed by atoms with Crippen molar-refractivity contribution in [2.75, 3.05) is 18.4 Å².